The maximum absolute atomic E-state index is 9.22. The van der Waals surface area contributed by atoms with Crippen LogP contribution in [0.2, 0.25) is 0 Å². The first-order valence-corrected chi connectivity index (χ1v) is 9.77. The summed E-state index contributed by atoms with van der Waals surface area (Å²) in [6, 6.07) is 22.6. The van der Waals surface area contributed by atoms with Gasteiger partial charge in [-0.15, -0.1) is 0 Å². The molecule has 0 fully saturated rings. The molecule has 4 aromatic rings. The highest BCUT2D eigenvalue weighted by Crippen LogP contribution is 2.47. The molecule has 1 aliphatic rings. The van der Waals surface area contributed by atoms with Crippen LogP contribution in [0.25, 0.3) is 10.8 Å². The van der Waals surface area contributed by atoms with E-state index in [4.69, 9.17) is 10.1 Å². The number of hydrogen-bond acceptors (Lipinski definition) is 4. The standard InChI is InChI=1S/C24H21N3O2/c25-23-22-20(17-8-2-1-3-9-17)21-18-10-5-4-7-16(18)11-12-19(21)29-24(22)26-15-27(23)13-6-14-28/h1-5,7-12,15,20,25,28H,6,13-14H2/t20-/m1/s1. The topological polar surface area (TPSA) is 71.1 Å². The third kappa shape index (κ3) is 2.91. The minimum absolute atomic E-state index is 0.0790. The van der Waals surface area contributed by atoms with Crippen molar-refractivity contribution in [3.8, 4) is 11.6 Å². The number of nitrogens with one attached hydrogen (secondary N) is 1. The van der Waals surface area contributed by atoms with Gasteiger partial charge in [0.1, 0.15) is 17.6 Å². The van der Waals surface area contributed by atoms with Crippen LogP contribution in [0.4, 0.5) is 0 Å². The largest absolute Gasteiger partial charge is 0.438 e. The number of aliphatic hydroxyl groups excluding tert-OH is 1. The Balaban J connectivity index is 1.81. The monoisotopic (exact) mass is 383 g/mol. The van der Waals surface area contributed by atoms with Crippen molar-refractivity contribution in [1.82, 2.24) is 9.55 Å². The first-order valence-electron chi connectivity index (χ1n) is 9.77. The Morgan fingerprint density at radius 2 is 1.76 bits per heavy atom. The molecule has 1 atom stereocenters. The fourth-order valence-corrected chi connectivity index (χ4v) is 4.15. The number of benzene rings is 3. The second kappa shape index (κ2) is 7.18. The van der Waals surface area contributed by atoms with Crippen molar-refractivity contribution in [3.63, 3.8) is 0 Å². The smallest absolute Gasteiger partial charge is 0.228 e. The quantitative estimate of drug-likeness (QED) is 0.489. The molecule has 3 aromatic carbocycles. The average Bonchev–Trinajstić information content (AvgIpc) is 2.78. The third-order valence-electron chi connectivity index (χ3n) is 5.49. The lowest BCUT2D eigenvalue weighted by Gasteiger charge is -2.29. The Kier molecular flexibility index (Phi) is 4.37. The predicted octanol–water partition coefficient (Wildman–Crippen LogP) is 4.18. The van der Waals surface area contributed by atoms with E-state index in [1.54, 1.807) is 10.9 Å². The predicted molar refractivity (Wildman–Crippen MR) is 111 cm³/mol. The zero-order valence-corrected chi connectivity index (χ0v) is 15.9. The zero-order valence-electron chi connectivity index (χ0n) is 15.9. The molecule has 5 heteroatoms. The van der Waals surface area contributed by atoms with Crippen LogP contribution in [0.3, 0.4) is 0 Å². The Morgan fingerprint density at radius 1 is 0.966 bits per heavy atom. The van der Waals surface area contributed by atoms with Crippen molar-refractivity contribution in [2.75, 3.05) is 6.61 Å². The Bertz CT molecular complexity index is 1250. The Labute approximate surface area is 168 Å². The van der Waals surface area contributed by atoms with E-state index in [2.05, 4.69) is 35.3 Å². The van der Waals surface area contributed by atoms with Crippen LogP contribution in [0.15, 0.2) is 73.1 Å². The number of aryl methyl sites for hydroxylation is 1. The van der Waals surface area contributed by atoms with Crippen LogP contribution >= 0.6 is 0 Å². The lowest BCUT2D eigenvalue weighted by atomic mass is 9.81. The summed E-state index contributed by atoms with van der Waals surface area (Å²) in [5.74, 6) is 1.11. The molecule has 0 saturated carbocycles. The van der Waals surface area contributed by atoms with E-state index in [0.29, 0.717) is 24.3 Å². The van der Waals surface area contributed by atoms with Gasteiger partial charge in [0.25, 0.3) is 0 Å². The van der Waals surface area contributed by atoms with Gasteiger partial charge >= 0.3 is 0 Å². The first kappa shape index (κ1) is 17.6. The van der Waals surface area contributed by atoms with Gasteiger partial charge in [-0.05, 0) is 28.8 Å². The van der Waals surface area contributed by atoms with E-state index >= 15 is 0 Å². The van der Waals surface area contributed by atoms with Gasteiger partial charge < -0.3 is 14.4 Å². The summed E-state index contributed by atoms with van der Waals surface area (Å²) >= 11 is 0. The van der Waals surface area contributed by atoms with Crippen LogP contribution < -0.4 is 10.2 Å². The van der Waals surface area contributed by atoms with Crippen molar-refractivity contribution >= 4 is 10.8 Å². The van der Waals surface area contributed by atoms with Crippen molar-refractivity contribution < 1.29 is 9.84 Å². The van der Waals surface area contributed by atoms with E-state index in [0.717, 1.165) is 33.2 Å². The molecule has 0 saturated heterocycles. The summed E-state index contributed by atoms with van der Waals surface area (Å²) in [7, 11) is 0. The molecule has 0 spiro atoms. The van der Waals surface area contributed by atoms with E-state index in [9.17, 15) is 5.11 Å². The Morgan fingerprint density at radius 3 is 2.59 bits per heavy atom. The molecule has 0 bridgehead atoms. The second-order valence-electron chi connectivity index (χ2n) is 7.23. The molecule has 2 heterocycles. The normalized spacial score (nSPS) is 14.9. The van der Waals surface area contributed by atoms with Crippen LogP contribution in [-0.4, -0.2) is 21.3 Å². The number of nitrogens with zero attached hydrogens (tertiary/aromatic N) is 2. The SMILES string of the molecule is N=c1c2c(ncn1CCCO)Oc1ccc3ccccc3c1[C@H]2c1ccccc1. The minimum Gasteiger partial charge on any atom is -0.438 e. The Hall–Kier alpha value is -3.44. The van der Waals surface area contributed by atoms with Crippen molar-refractivity contribution in [3.05, 3.63) is 95.2 Å². The number of aliphatic hydroxyl groups is 1. The summed E-state index contributed by atoms with van der Waals surface area (Å²) in [5.41, 5.74) is 3.30. The lowest BCUT2D eigenvalue weighted by Crippen LogP contribution is -2.30. The molecule has 144 valence electrons. The van der Waals surface area contributed by atoms with Gasteiger partial charge in [0.15, 0.2) is 0 Å². The van der Waals surface area contributed by atoms with Gasteiger partial charge in [0.05, 0.1) is 5.56 Å². The van der Waals surface area contributed by atoms with Gasteiger partial charge in [-0.3, -0.25) is 5.41 Å². The molecule has 2 N–H and O–H groups in total. The summed E-state index contributed by atoms with van der Waals surface area (Å²) in [5, 5.41) is 20.4. The highest BCUT2D eigenvalue weighted by molar-refractivity contribution is 5.90. The van der Waals surface area contributed by atoms with Crippen molar-refractivity contribution in [2.45, 2.75) is 18.9 Å². The highest BCUT2D eigenvalue weighted by Gasteiger charge is 2.33. The van der Waals surface area contributed by atoms with Crippen molar-refractivity contribution in [2.24, 2.45) is 0 Å². The third-order valence-corrected chi connectivity index (χ3v) is 5.49. The number of rotatable bonds is 4. The average molecular weight is 383 g/mol. The first-order chi connectivity index (χ1) is 14.3. The molecule has 29 heavy (non-hydrogen) atoms. The molecule has 0 amide bonds. The van der Waals surface area contributed by atoms with Crippen molar-refractivity contribution in [1.29, 1.82) is 5.41 Å². The van der Waals surface area contributed by atoms with E-state index < -0.39 is 0 Å². The number of hydrogen-bond donors (Lipinski definition) is 2. The van der Waals surface area contributed by atoms with Gasteiger partial charge in [0, 0.05) is 24.6 Å². The molecular formula is C24H21N3O2. The highest BCUT2D eigenvalue weighted by atomic mass is 16.5. The van der Waals surface area contributed by atoms with E-state index in [1.807, 2.05) is 36.4 Å². The van der Waals surface area contributed by atoms with Gasteiger partial charge in [-0.25, -0.2) is 4.98 Å². The van der Waals surface area contributed by atoms with Crippen LogP contribution in [-0.2, 0) is 6.54 Å². The molecule has 5 rings (SSSR count). The molecule has 0 radical (unpaired) electrons. The van der Waals surface area contributed by atoms with Gasteiger partial charge in [-0.1, -0.05) is 60.7 Å². The maximum atomic E-state index is 9.22. The molecule has 0 aliphatic carbocycles. The zero-order chi connectivity index (χ0) is 19.8. The molecule has 1 aliphatic heterocycles. The molecular weight excluding hydrogens is 362 g/mol. The second-order valence-corrected chi connectivity index (χ2v) is 7.23. The van der Waals surface area contributed by atoms with Crippen LogP contribution in [0.1, 0.15) is 29.0 Å². The number of fused-ring (bicyclic) bond motifs is 4. The van der Waals surface area contributed by atoms with Gasteiger partial charge in [0.2, 0.25) is 5.88 Å². The van der Waals surface area contributed by atoms with Gasteiger partial charge in [-0.2, -0.15) is 0 Å². The fourth-order valence-electron chi connectivity index (χ4n) is 4.15. The lowest BCUT2D eigenvalue weighted by molar-refractivity contribution is 0.278. The molecule has 1 aromatic heterocycles. The molecule has 0 unspecified atom stereocenters. The minimum atomic E-state index is -0.150. The van der Waals surface area contributed by atoms with E-state index in [-0.39, 0.29) is 12.5 Å². The summed E-state index contributed by atoms with van der Waals surface area (Å²) in [6.45, 7) is 0.620. The maximum Gasteiger partial charge on any atom is 0.228 e. The van der Waals surface area contributed by atoms with Crippen LogP contribution in [0.5, 0.6) is 11.6 Å². The number of aromatic nitrogens is 2. The van der Waals surface area contributed by atoms with E-state index in [1.165, 1.54) is 0 Å². The summed E-state index contributed by atoms with van der Waals surface area (Å²) in [6.07, 6.45) is 2.21. The summed E-state index contributed by atoms with van der Waals surface area (Å²) in [4.78, 5) is 4.53. The van der Waals surface area contributed by atoms with Crippen LogP contribution in [0, 0.1) is 5.41 Å². The molecule has 5 nitrogen and oxygen atoms in total. The summed E-state index contributed by atoms with van der Waals surface area (Å²) < 4.78 is 7.97. The number of ether oxygens (including phenoxy) is 1. The fraction of sp³-hybridized carbons (Fsp3) is 0.167.